The average Bonchev–Trinajstić information content (AvgIpc) is 2.56. The zero-order valence-electron chi connectivity index (χ0n) is 11.0. The molecular weight excluding hydrogens is 242 g/mol. The molecule has 0 radical (unpaired) electrons. The van der Waals surface area contributed by atoms with Gasteiger partial charge in [-0.05, 0) is 28.3 Å². The lowest BCUT2D eigenvalue weighted by Gasteiger charge is -2.06. The van der Waals surface area contributed by atoms with Gasteiger partial charge in [0, 0.05) is 0 Å². The van der Waals surface area contributed by atoms with E-state index in [1.807, 2.05) is 42.5 Å². The topological polar surface area (TPSA) is 23.8 Å². The van der Waals surface area contributed by atoms with Crippen molar-refractivity contribution >= 4 is 0 Å². The predicted octanol–water partition coefficient (Wildman–Crippen LogP) is 4.89. The Kier molecular flexibility index (Phi) is 3.31. The van der Waals surface area contributed by atoms with E-state index in [-0.39, 0.29) is 0 Å². The normalized spacial score (nSPS) is 9.95. The van der Waals surface area contributed by atoms with Crippen LogP contribution in [0.25, 0.3) is 22.3 Å². The molecule has 0 bridgehead atoms. The minimum Gasteiger partial charge on any atom is -0.192 e. The average molecular weight is 255 g/mol. The second kappa shape index (κ2) is 5.42. The Hall–Kier alpha value is -2.85. The largest absolute Gasteiger partial charge is 0.192 e. The third-order valence-corrected chi connectivity index (χ3v) is 3.35. The maximum absolute atomic E-state index is 9.16. The SMILES string of the molecule is N#Cc1ccccc1-c1ccc(-c2ccccc2)cc1. The smallest absolute Gasteiger partial charge is 0.0998 e. The van der Waals surface area contributed by atoms with Crippen LogP contribution in [0.15, 0.2) is 78.9 Å². The summed E-state index contributed by atoms with van der Waals surface area (Å²) < 4.78 is 0. The zero-order chi connectivity index (χ0) is 13.8. The molecule has 1 nitrogen and oxygen atoms in total. The van der Waals surface area contributed by atoms with Gasteiger partial charge in [0.2, 0.25) is 0 Å². The molecule has 0 aromatic heterocycles. The van der Waals surface area contributed by atoms with E-state index in [1.54, 1.807) is 0 Å². The van der Waals surface area contributed by atoms with Crippen molar-refractivity contribution in [2.45, 2.75) is 0 Å². The molecular formula is C19H13N. The van der Waals surface area contributed by atoms with E-state index in [0.29, 0.717) is 5.56 Å². The Balaban J connectivity index is 2.00. The second-order valence-corrected chi connectivity index (χ2v) is 4.60. The van der Waals surface area contributed by atoms with E-state index >= 15 is 0 Å². The van der Waals surface area contributed by atoms with Crippen LogP contribution in [-0.2, 0) is 0 Å². The van der Waals surface area contributed by atoms with Gasteiger partial charge in [-0.15, -0.1) is 0 Å². The van der Waals surface area contributed by atoms with Crippen molar-refractivity contribution in [1.82, 2.24) is 0 Å². The third kappa shape index (κ3) is 2.32. The lowest BCUT2D eigenvalue weighted by Crippen LogP contribution is -1.84. The number of nitriles is 1. The van der Waals surface area contributed by atoms with Crippen LogP contribution in [0.5, 0.6) is 0 Å². The first-order valence-electron chi connectivity index (χ1n) is 6.53. The predicted molar refractivity (Wildman–Crippen MR) is 82.0 cm³/mol. The van der Waals surface area contributed by atoms with E-state index in [1.165, 1.54) is 11.1 Å². The summed E-state index contributed by atoms with van der Waals surface area (Å²) in [6.07, 6.45) is 0. The summed E-state index contributed by atoms with van der Waals surface area (Å²) in [6, 6.07) is 28.5. The van der Waals surface area contributed by atoms with Gasteiger partial charge in [0.25, 0.3) is 0 Å². The maximum atomic E-state index is 9.16. The van der Waals surface area contributed by atoms with Crippen LogP contribution in [0.4, 0.5) is 0 Å². The van der Waals surface area contributed by atoms with Crippen LogP contribution >= 0.6 is 0 Å². The highest BCUT2D eigenvalue weighted by molar-refractivity contribution is 5.73. The highest BCUT2D eigenvalue weighted by Gasteiger charge is 2.04. The molecule has 0 aliphatic carbocycles. The van der Waals surface area contributed by atoms with Gasteiger partial charge in [0.1, 0.15) is 0 Å². The van der Waals surface area contributed by atoms with Crippen molar-refractivity contribution in [2.24, 2.45) is 0 Å². The number of nitrogens with zero attached hydrogens (tertiary/aromatic N) is 1. The van der Waals surface area contributed by atoms with Gasteiger partial charge in [-0.2, -0.15) is 5.26 Å². The molecule has 0 amide bonds. The molecule has 0 heterocycles. The number of hydrogen-bond acceptors (Lipinski definition) is 1. The molecule has 3 aromatic rings. The van der Waals surface area contributed by atoms with Gasteiger partial charge < -0.3 is 0 Å². The quantitative estimate of drug-likeness (QED) is 0.639. The fourth-order valence-electron chi connectivity index (χ4n) is 2.31. The summed E-state index contributed by atoms with van der Waals surface area (Å²) in [5, 5.41) is 9.16. The lowest BCUT2D eigenvalue weighted by atomic mass is 9.97. The Morgan fingerprint density at radius 2 is 1.10 bits per heavy atom. The minimum absolute atomic E-state index is 0.708. The fourth-order valence-corrected chi connectivity index (χ4v) is 2.31. The minimum atomic E-state index is 0.708. The highest BCUT2D eigenvalue weighted by atomic mass is 14.2. The first-order chi connectivity index (χ1) is 9.88. The van der Waals surface area contributed by atoms with Crippen molar-refractivity contribution in [3.8, 4) is 28.3 Å². The zero-order valence-corrected chi connectivity index (χ0v) is 11.0. The molecule has 1 heteroatoms. The first-order valence-corrected chi connectivity index (χ1v) is 6.53. The molecule has 3 rings (SSSR count). The number of hydrogen-bond donors (Lipinski definition) is 0. The van der Waals surface area contributed by atoms with Crippen LogP contribution in [0.2, 0.25) is 0 Å². The molecule has 0 fully saturated rings. The van der Waals surface area contributed by atoms with E-state index in [9.17, 15) is 0 Å². The first kappa shape index (κ1) is 12.2. The molecule has 0 aliphatic heterocycles. The summed E-state index contributed by atoms with van der Waals surface area (Å²) in [6.45, 7) is 0. The van der Waals surface area contributed by atoms with Gasteiger partial charge in [-0.3, -0.25) is 0 Å². The van der Waals surface area contributed by atoms with Crippen molar-refractivity contribution in [3.05, 3.63) is 84.4 Å². The molecule has 20 heavy (non-hydrogen) atoms. The number of rotatable bonds is 2. The Morgan fingerprint density at radius 3 is 1.80 bits per heavy atom. The van der Waals surface area contributed by atoms with E-state index in [2.05, 4.69) is 42.5 Å². The molecule has 0 saturated heterocycles. The van der Waals surface area contributed by atoms with E-state index in [4.69, 9.17) is 5.26 Å². The lowest BCUT2D eigenvalue weighted by molar-refractivity contribution is 1.48. The van der Waals surface area contributed by atoms with Crippen LogP contribution < -0.4 is 0 Å². The molecule has 0 unspecified atom stereocenters. The van der Waals surface area contributed by atoms with Crippen LogP contribution in [0.1, 0.15) is 5.56 Å². The Labute approximate surface area is 118 Å². The summed E-state index contributed by atoms with van der Waals surface area (Å²) >= 11 is 0. The highest BCUT2D eigenvalue weighted by Crippen LogP contribution is 2.26. The maximum Gasteiger partial charge on any atom is 0.0998 e. The summed E-state index contributed by atoms with van der Waals surface area (Å²) in [5.41, 5.74) is 5.15. The van der Waals surface area contributed by atoms with Crippen LogP contribution in [-0.4, -0.2) is 0 Å². The standard InChI is InChI=1S/C19H13N/c20-14-18-8-4-5-9-19(18)17-12-10-16(11-13-17)15-6-2-1-3-7-15/h1-13H. The molecule has 0 N–H and O–H groups in total. The summed E-state index contributed by atoms with van der Waals surface area (Å²) in [7, 11) is 0. The van der Waals surface area contributed by atoms with Crippen molar-refractivity contribution < 1.29 is 0 Å². The van der Waals surface area contributed by atoms with Gasteiger partial charge in [0.15, 0.2) is 0 Å². The summed E-state index contributed by atoms with van der Waals surface area (Å²) in [5.74, 6) is 0. The molecule has 0 atom stereocenters. The van der Waals surface area contributed by atoms with Crippen molar-refractivity contribution in [2.75, 3.05) is 0 Å². The fraction of sp³-hybridized carbons (Fsp3) is 0. The van der Waals surface area contributed by atoms with Gasteiger partial charge in [-0.1, -0.05) is 72.8 Å². The third-order valence-electron chi connectivity index (χ3n) is 3.35. The Bertz CT molecular complexity index is 750. The second-order valence-electron chi connectivity index (χ2n) is 4.60. The van der Waals surface area contributed by atoms with E-state index in [0.717, 1.165) is 11.1 Å². The molecule has 0 spiro atoms. The van der Waals surface area contributed by atoms with Crippen LogP contribution in [0.3, 0.4) is 0 Å². The molecule has 0 aliphatic rings. The van der Waals surface area contributed by atoms with Crippen LogP contribution in [0, 0.1) is 11.3 Å². The monoisotopic (exact) mass is 255 g/mol. The number of benzene rings is 3. The van der Waals surface area contributed by atoms with Gasteiger partial charge in [-0.25, -0.2) is 0 Å². The van der Waals surface area contributed by atoms with Crippen molar-refractivity contribution in [3.63, 3.8) is 0 Å². The molecule has 3 aromatic carbocycles. The van der Waals surface area contributed by atoms with E-state index < -0.39 is 0 Å². The molecule has 94 valence electrons. The summed E-state index contributed by atoms with van der Waals surface area (Å²) in [4.78, 5) is 0. The van der Waals surface area contributed by atoms with Crippen molar-refractivity contribution in [1.29, 1.82) is 5.26 Å². The van der Waals surface area contributed by atoms with Gasteiger partial charge in [0.05, 0.1) is 11.6 Å². The Morgan fingerprint density at radius 1 is 0.550 bits per heavy atom. The van der Waals surface area contributed by atoms with Gasteiger partial charge >= 0.3 is 0 Å². The molecule has 0 saturated carbocycles.